The Hall–Kier alpha value is -3.52. The number of nitrogens with zero attached hydrogens (tertiary/aromatic N) is 1. The van der Waals surface area contributed by atoms with Crippen LogP contribution in [0, 0.1) is 0 Å². The maximum Gasteiger partial charge on any atom is 0.251 e. The standard InChI is InChI=1S/C28H34N2O5S/c1-28(2,3)23-10-14-26(15-11-23)35-19-18-29-27(31)22-8-6-21(7-9-22)20-30(36(5,32)33)24-12-16-25(34-4)17-13-24/h6-17H,18-20H2,1-5H3,(H,29,31). The van der Waals surface area contributed by atoms with Gasteiger partial charge in [-0.3, -0.25) is 9.10 Å². The van der Waals surface area contributed by atoms with Gasteiger partial charge in [0.05, 0.1) is 32.1 Å². The fraction of sp³-hybridized carbons (Fsp3) is 0.321. The second-order valence-corrected chi connectivity index (χ2v) is 11.5. The molecule has 36 heavy (non-hydrogen) atoms. The first-order valence-corrected chi connectivity index (χ1v) is 13.5. The summed E-state index contributed by atoms with van der Waals surface area (Å²) in [6, 6.07) is 21.7. The van der Waals surface area contributed by atoms with Gasteiger partial charge in [0.1, 0.15) is 18.1 Å². The van der Waals surface area contributed by atoms with Gasteiger partial charge >= 0.3 is 0 Å². The molecule has 7 nitrogen and oxygen atoms in total. The molecule has 8 heteroatoms. The molecule has 0 aliphatic rings. The fourth-order valence-corrected chi connectivity index (χ4v) is 4.45. The van der Waals surface area contributed by atoms with Crippen LogP contribution in [-0.4, -0.2) is 40.8 Å². The van der Waals surface area contributed by atoms with Crippen molar-refractivity contribution in [1.82, 2.24) is 5.32 Å². The maximum absolute atomic E-state index is 12.5. The number of hydrogen-bond donors (Lipinski definition) is 1. The van der Waals surface area contributed by atoms with Crippen LogP contribution in [0.5, 0.6) is 11.5 Å². The first kappa shape index (κ1) is 27.1. The summed E-state index contributed by atoms with van der Waals surface area (Å²) >= 11 is 0. The largest absolute Gasteiger partial charge is 0.497 e. The summed E-state index contributed by atoms with van der Waals surface area (Å²) in [7, 11) is -1.96. The van der Waals surface area contributed by atoms with E-state index in [2.05, 4.69) is 38.2 Å². The smallest absolute Gasteiger partial charge is 0.251 e. The van der Waals surface area contributed by atoms with Gasteiger partial charge in [0.2, 0.25) is 10.0 Å². The number of nitrogens with one attached hydrogen (secondary N) is 1. The van der Waals surface area contributed by atoms with E-state index in [1.54, 1.807) is 55.6 Å². The molecule has 0 radical (unpaired) electrons. The average Bonchev–Trinajstić information content (AvgIpc) is 2.84. The Morgan fingerprint density at radius 2 is 1.47 bits per heavy atom. The van der Waals surface area contributed by atoms with Gasteiger partial charge in [0.15, 0.2) is 0 Å². The molecule has 1 amide bonds. The lowest BCUT2D eigenvalue weighted by atomic mass is 9.87. The molecular weight excluding hydrogens is 476 g/mol. The van der Waals surface area contributed by atoms with Crippen LogP contribution in [0.15, 0.2) is 72.8 Å². The summed E-state index contributed by atoms with van der Waals surface area (Å²) in [6.45, 7) is 7.34. The molecule has 1 N–H and O–H groups in total. The number of benzene rings is 3. The highest BCUT2D eigenvalue weighted by Gasteiger charge is 2.18. The minimum absolute atomic E-state index is 0.0841. The Bertz CT molecular complexity index is 1250. The number of carbonyl (C=O) groups excluding carboxylic acids is 1. The SMILES string of the molecule is COc1ccc(N(Cc2ccc(C(=O)NCCOc3ccc(C(C)(C)C)cc3)cc2)S(C)(=O)=O)cc1. The van der Waals surface area contributed by atoms with Crippen molar-refractivity contribution in [2.45, 2.75) is 32.7 Å². The van der Waals surface area contributed by atoms with Crippen LogP contribution < -0.4 is 19.1 Å². The molecule has 0 spiro atoms. The molecule has 192 valence electrons. The van der Waals surface area contributed by atoms with E-state index in [9.17, 15) is 13.2 Å². The molecule has 0 heterocycles. The third-order valence-electron chi connectivity index (χ3n) is 5.68. The number of ether oxygens (including phenoxy) is 2. The van der Waals surface area contributed by atoms with E-state index in [0.29, 0.717) is 30.2 Å². The van der Waals surface area contributed by atoms with Gasteiger partial charge in [0.25, 0.3) is 5.91 Å². The van der Waals surface area contributed by atoms with Crippen molar-refractivity contribution in [3.05, 3.63) is 89.5 Å². The number of sulfonamides is 1. The van der Waals surface area contributed by atoms with Crippen molar-refractivity contribution >= 4 is 21.6 Å². The van der Waals surface area contributed by atoms with Crippen LogP contribution in [-0.2, 0) is 22.0 Å². The Kier molecular flexibility index (Phi) is 8.63. The third-order valence-corrected chi connectivity index (χ3v) is 6.82. The Morgan fingerprint density at radius 3 is 2.00 bits per heavy atom. The zero-order valence-corrected chi connectivity index (χ0v) is 22.3. The van der Waals surface area contributed by atoms with Gasteiger partial charge in [-0.05, 0) is 65.1 Å². The van der Waals surface area contributed by atoms with Gasteiger partial charge in [-0.1, -0.05) is 45.0 Å². The Labute approximate surface area is 214 Å². The predicted molar refractivity (Wildman–Crippen MR) is 143 cm³/mol. The number of amides is 1. The number of hydrogen-bond acceptors (Lipinski definition) is 5. The molecule has 0 saturated heterocycles. The van der Waals surface area contributed by atoms with Crippen molar-refractivity contribution < 1.29 is 22.7 Å². The van der Waals surface area contributed by atoms with E-state index >= 15 is 0 Å². The molecule has 0 atom stereocenters. The average molecular weight is 511 g/mol. The van der Waals surface area contributed by atoms with Gasteiger partial charge in [-0.2, -0.15) is 0 Å². The topological polar surface area (TPSA) is 84.9 Å². The third kappa shape index (κ3) is 7.49. The molecule has 0 aromatic heterocycles. The predicted octanol–water partition coefficient (Wildman–Crippen LogP) is 4.77. The second-order valence-electron chi connectivity index (χ2n) is 9.54. The summed E-state index contributed by atoms with van der Waals surface area (Å²) in [5.41, 5.74) is 3.10. The minimum Gasteiger partial charge on any atom is -0.497 e. The van der Waals surface area contributed by atoms with Crippen molar-refractivity contribution in [2.75, 3.05) is 30.8 Å². The van der Waals surface area contributed by atoms with Crippen molar-refractivity contribution in [3.8, 4) is 11.5 Å². The lowest BCUT2D eigenvalue weighted by Crippen LogP contribution is -2.29. The van der Waals surface area contributed by atoms with Gasteiger partial charge < -0.3 is 14.8 Å². The van der Waals surface area contributed by atoms with E-state index in [1.165, 1.54) is 16.1 Å². The number of anilines is 1. The summed E-state index contributed by atoms with van der Waals surface area (Å²) in [5, 5.41) is 2.84. The maximum atomic E-state index is 12.5. The molecule has 0 aliphatic heterocycles. The highest BCUT2D eigenvalue weighted by Crippen LogP contribution is 2.25. The van der Waals surface area contributed by atoms with Crippen molar-refractivity contribution in [2.24, 2.45) is 0 Å². The molecule has 0 unspecified atom stereocenters. The van der Waals surface area contributed by atoms with Gasteiger partial charge in [-0.25, -0.2) is 8.42 Å². The molecule has 3 aromatic rings. The molecule has 0 bridgehead atoms. The van der Waals surface area contributed by atoms with Crippen LogP contribution in [0.2, 0.25) is 0 Å². The molecular formula is C28H34N2O5S. The second kappa shape index (κ2) is 11.5. The zero-order valence-electron chi connectivity index (χ0n) is 21.4. The summed E-state index contributed by atoms with van der Waals surface area (Å²) in [5.74, 6) is 1.18. The van der Waals surface area contributed by atoms with Gasteiger partial charge in [-0.15, -0.1) is 0 Å². The highest BCUT2D eigenvalue weighted by atomic mass is 32.2. The van der Waals surface area contributed by atoms with Crippen molar-refractivity contribution in [1.29, 1.82) is 0 Å². The summed E-state index contributed by atoms with van der Waals surface area (Å²) < 4.78 is 37.0. The minimum atomic E-state index is -3.51. The molecule has 3 aromatic carbocycles. The lowest BCUT2D eigenvalue weighted by molar-refractivity contribution is 0.0947. The van der Waals surface area contributed by atoms with Crippen LogP contribution in [0.3, 0.4) is 0 Å². The van der Waals surface area contributed by atoms with Crippen LogP contribution in [0.25, 0.3) is 0 Å². The molecule has 3 rings (SSSR count). The fourth-order valence-electron chi connectivity index (χ4n) is 3.56. The molecule has 0 fully saturated rings. The number of carbonyl (C=O) groups is 1. The molecule has 0 aliphatic carbocycles. The Balaban J connectivity index is 1.54. The molecule has 0 saturated carbocycles. The van der Waals surface area contributed by atoms with Crippen molar-refractivity contribution in [3.63, 3.8) is 0 Å². The summed E-state index contributed by atoms with van der Waals surface area (Å²) in [6.07, 6.45) is 1.17. The van der Waals surface area contributed by atoms with Crippen LogP contribution in [0.4, 0.5) is 5.69 Å². The number of rotatable bonds is 10. The quantitative estimate of drug-likeness (QED) is 0.397. The number of methoxy groups -OCH3 is 1. The summed E-state index contributed by atoms with van der Waals surface area (Å²) in [4.78, 5) is 12.5. The normalized spacial score (nSPS) is 11.6. The Morgan fingerprint density at radius 1 is 0.889 bits per heavy atom. The van der Waals surface area contributed by atoms with Crippen LogP contribution in [0.1, 0.15) is 42.3 Å². The monoisotopic (exact) mass is 510 g/mol. The highest BCUT2D eigenvalue weighted by molar-refractivity contribution is 7.92. The van der Waals surface area contributed by atoms with E-state index < -0.39 is 10.0 Å². The zero-order chi connectivity index (χ0) is 26.3. The first-order valence-electron chi connectivity index (χ1n) is 11.7. The van der Waals surface area contributed by atoms with E-state index in [4.69, 9.17) is 9.47 Å². The van der Waals surface area contributed by atoms with Gasteiger partial charge in [0, 0.05) is 5.56 Å². The first-order chi connectivity index (χ1) is 17.0. The van der Waals surface area contributed by atoms with E-state index in [1.807, 2.05) is 12.1 Å². The lowest BCUT2D eigenvalue weighted by Gasteiger charge is -2.23. The van der Waals surface area contributed by atoms with E-state index in [-0.39, 0.29) is 17.9 Å². The van der Waals surface area contributed by atoms with E-state index in [0.717, 1.165) is 11.3 Å². The van der Waals surface area contributed by atoms with Crippen LogP contribution >= 0.6 is 0 Å².